The predicted octanol–water partition coefficient (Wildman–Crippen LogP) is 6.54. The first kappa shape index (κ1) is 23.3. The van der Waals surface area contributed by atoms with Gasteiger partial charge < -0.3 is 9.80 Å². The Morgan fingerprint density at radius 1 is 0.914 bits per heavy atom. The van der Waals surface area contributed by atoms with Gasteiger partial charge in [-0.2, -0.15) is 13.2 Å². The van der Waals surface area contributed by atoms with Crippen molar-refractivity contribution in [3.05, 3.63) is 94.5 Å². The molecule has 2 aliphatic rings. The fraction of sp³-hybridized carbons (Fsp3) is 0.321. The Kier molecular flexibility index (Phi) is 5.95. The minimum absolute atomic E-state index is 0.0183. The maximum atomic E-state index is 13.8. The van der Waals surface area contributed by atoms with Crippen molar-refractivity contribution >= 4 is 17.4 Å². The summed E-state index contributed by atoms with van der Waals surface area (Å²) < 4.78 is 41.0. The van der Waals surface area contributed by atoms with Crippen LogP contribution in [0, 0.1) is 13.8 Å². The minimum atomic E-state index is -4.48. The summed E-state index contributed by atoms with van der Waals surface area (Å²) in [6, 6.07) is 19.0. The van der Waals surface area contributed by atoms with Crippen molar-refractivity contribution in [1.82, 2.24) is 4.90 Å². The number of hydrogen-bond acceptors (Lipinski definition) is 2. The van der Waals surface area contributed by atoms with Crippen molar-refractivity contribution in [3.63, 3.8) is 0 Å². The van der Waals surface area contributed by atoms with Crippen LogP contribution in [0.25, 0.3) is 0 Å². The fourth-order valence-corrected chi connectivity index (χ4v) is 5.46. The van der Waals surface area contributed by atoms with Gasteiger partial charge in [-0.3, -0.25) is 4.90 Å². The normalized spacial score (nSPS) is 18.3. The van der Waals surface area contributed by atoms with Crippen molar-refractivity contribution in [1.29, 1.82) is 0 Å². The number of hydrogen-bond donors (Lipinski definition) is 0. The van der Waals surface area contributed by atoms with Crippen molar-refractivity contribution in [2.24, 2.45) is 0 Å². The maximum Gasteiger partial charge on any atom is 0.416 e. The molecule has 7 heteroatoms. The molecule has 0 N–H and O–H groups in total. The zero-order valence-corrected chi connectivity index (χ0v) is 19.8. The van der Waals surface area contributed by atoms with Crippen LogP contribution in [0.2, 0.25) is 0 Å². The second-order valence-corrected chi connectivity index (χ2v) is 9.41. The molecule has 0 aromatic heterocycles. The van der Waals surface area contributed by atoms with Gasteiger partial charge in [0, 0.05) is 25.3 Å². The highest BCUT2D eigenvalue weighted by Crippen LogP contribution is 2.37. The molecule has 1 fully saturated rings. The summed E-state index contributed by atoms with van der Waals surface area (Å²) >= 11 is 0. The molecule has 182 valence electrons. The highest BCUT2D eigenvalue weighted by molar-refractivity contribution is 5.95. The lowest BCUT2D eigenvalue weighted by Gasteiger charge is -2.40. The quantitative estimate of drug-likeness (QED) is 0.425. The molecule has 2 aliphatic heterocycles. The summed E-state index contributed by atoms with van der Waals surface area (Å²) in [5.41, 5.74) is 4.61. The third-order valence-corrected chi connectivity index (χ3v) is 7.11. The molecule has 3 aromatic carbocycles. The number of benzene rings is 3. The van der Waals surface area contributed by atoms with Crippen LogP contribution in [0.4, 0.5) is 29.3 Å². The van der Waals surface area contributed by atoms with E-state index in [4.69, 9.17) is 0 Å². The third-order valence-electron chi connectivity index (χ3n) is 7.11. The first-order valence-corrected chi connectivity index (χ1v) is 11.9. The number of carbonyl (C=O) groups is 1. The van der Waals surface area contributed by atoms with E-state index < -0.39 is 11.7 Å². The molecule has 2 heterocycles. The Morgan fingerprint density at radius 2 is 1.60 bits per heavy atom. The van der Waals surface area contributed by atoms with E-state index in [-0.39, 0.29) is 24.2 Å². The average molecular weight is 480 g/mol. The summed E-state index contributed by atoms with van der Waals surface area (Å²) in [4.78, 5) is 19.4. The van der Waals surface area contributed by atoms with Gasteiger partial charge in [-0.1, -0.05) is 54.6 Å². The SMILES string of the molecule is Cc1cccc(C)c1N1CC[C@@H](N2Cc3ccccc3N(Cc3ccccc3C(F)(F)F)C2=O)C1. The van der Waals surface area contributed by atoms with Gasteiger partial charge in [-0.15, -0.1) is 0 Å². The van der Waals surface area contributed by atoms with Gasteiger partial charge in [0.05, 0.1) is 23.8 Å². The van der Waals surface area contributed by atoms with Gasteiger partial charge >= 0.3 is 12.2 Å². The molecule has 4 nitrogen and oxygen atoms in total. The molecular weight excluding hydrogens is 451 g/mol. The Hall–Kier alpha value is -3.48. The summed E-state index contributed by atoms with van der Waals surface area (Å²) in [6.45, 7) is 6.05. The molecule has 0 saturated carbocycles. The number of amides is 2. The Balaban J connectivity index is 1.45. The molecule has 0 bridgehead atoms. The van der Waals surface area contributed by atoms with Crippen LogP contribution in [0.15, 0.2) is 66.7 Å². The first-order chi connectivity index (χ1) is 16.7. The number of aryl methyl sites for hydroxylation is 2. The Morgan fingerprint density at radius 3 is 2.34 bits per heavy atom. The van der Waals surface area contributed by atoms with Crippen LogP contribution >= 0.6 is 0 Å². The Labute approximate surface area is 203 Å². The zero-order valence-electron chi connectivity index (χ0n) is 19.8. The minimum Gasteiger partial charge on any atom is -0.369 e. The van der Waals surface area contributed by atoms with Gasteiger partial charge in [0.25, 0.3) is 0 Å². The van der Waals surface area contributed by atoms with Gasteiger partial charge in [0.15, 0.2) is 0 Å². The topological polar surface area (TPSA) is 26.8 Å². The van der Waals surface area contributed by atoms with E-state index in [1.165, 1.54) is 33.8 Å². The van der Waals surface area contributed by atoms with Gasteiger partial charge in [-0.25, -0.2) is 4.79 Å². The number of fused-ring (bicyclic) bond motifs is 1. The molecular formula is C28H28F3N3O. The number of alkyl halides is 3. The molecule has 35 heavy (non-hydrogen) atoms. The second-order valence-electron chi connectivity index (χ2n) is 9.41. The standard InChI is InChI=1S/C28H28F3N3O/c1-19-8-7-9-20(2)26(19)32-15-14-23(18-32)33-17-22-11-4-6-13-25(22)34(27(33)35)16-21-10-3-5-12-24(21)28(29,30)31/h3-13,23H,14-18H2,1-2H3/t23-/m1/s1. The maximum absolute atomic E-state index is 13.8. The van der Waals surface area contributed by atoms with Crippen LogP contribution in [0.5, 0.6) is 0 Å². The summed E-state index contributed by atoms with van der Waals surface area (Å²) in [6.07, 6.45) is -3.67. The second kappa shape index (κ2) is 8.95. The number of halogens is 3. The molecule has 5 rings (SSSR count). The van der Waals surface area contributed by atoms with Gasteiger partial charge in [-0.05, 0) is 54.7 Å². The lowest BCUT2D eigenvalue weighted by Crippen LogP contribution is -2.52. The number of urea groups is 1. The molecule has 0 aliphatic carbocycles. The highest BCUT2D eigenvalue weighted by atomic mass is 19.4. The van der Waals surface area contributed by atoms with Gasteiger partial charge in [0.2, 0.25) is 0 Å². The van der Waals surface area contributed by atoms with E-state index in [0.29, 0.717) is 18.8 Å². The molecule has 1 saturated heterocycles. The molecule has 0 spiro atoms. The lowest BCUT2D eigenvalue weighted by atomic mass is 10.0. The first-order valence-electron chi connectivity index (χ1n) is 11.9. The molecule has 0 radical (unpaired) electrons. The van der Waals surface area contributed by atoms with E-state index in [2.05, 4.69) is 30.9 Å². The van der Waals surface area contributed by atoms with Crippen molar-refractivity contribution in [2.45, 2.75) is 45.6 Å². The van der Waals surface area contributed by atoms with Crippen LogP contribution in [-0.4, -0.2) is 30.1 Å². The van der Waals surface area contributed by atoms with Crippen LogP contribution in [-0.2, 0) is 19.3 Å². The molecule has 2 amide bonds. The van der Waals surface area contributed by atoms with Crippen molar-refractivity contribution < 1.29 is 18.0 Å². The number of rotatable bonds is 4. The smallest absolute Gasteiger partial charge is 0.369 e. The van der Waals surface area contributed by atoms with Crippen LogP contribution in [0.3, 0.4) is 0 Å². The van der Waals surface area contributed by atoms with E-state index >= 15 is 0 Å². The highest BCUT2D eigenvalue weighted by Gasteiger charge is 2.39. The van der Waals surface area contributed by atoms with E-state index in [0.717, 1.165) is 24.6 Å². The monoisotopic (exact) mass is 479 g/mol. The number of carbonyl (C=O) groups excluding carboxylic acids is 1. The largest absolute Gasteiger partial charge is 0.416 e. The average Bonchev–Trinajstić information content (AvgIpc) is 3.29. The van der Waals surface area contributed by atoms with Crippen molar-refractivity contribution in [3.8, 4) is 0 Å². The van der Waals surface area contributed by atoms with Crippen LogP contribution in [0.1, 0.15) is 34.2 Å². The molecule has 1 atom stereocenters. The summed E-state index contributed by atoms with van der Waals surface area (Å²) in [5, 5.41) is 0. The number of para-hydroxylation sites is 2. The van der Waals surface area contributed by atoms with E-state index in [9.17, 15) is 18.0 Å². The zero-order chi connectivity index (χ0) is 24.7. The van der Waals surface area contributed by atoms with Crippen molar-refractivity contribution in [2.75, 3.05) is 22.9 Å². The summed E-state index contributed by atoms with van der Waals surface area (Å²) in [7, 11) is 0. The third kappa shape index (κ3) is 4.35. The van der Waals surface area contributed by atoms with Crippen LogP contribution < -0.4 is 9.80 Å². The molecule has 3 aromatic rings. The Bertz CT molecular complexity index is 1240. The predicted molar refractivity (Wildman–Crippen MR) is 132 cm³/mol. The lowest BCUT2D eigenvalue weighted by molar-refractivity contribution is -0.138. The summed E-state index contributed by atoms with van der Waals surface area (Å²) in [5.74, 6) is 0. The number of anilines is 2. The van der Waals surface area contributed by atoms with Gasteiger partial charge in [0.1, 0.15) is 0 Å². The van der Waals surface area contributed by atoms with E-state index in [1.807, 2.05) is 35.2 Å². The molecule has 0 unspecified atom stereocenters. The van der Waals surface area contributed by atoms with E-state index in [1.54, 1.807) is 6.07 Å². The number of nitrogens with zero attached hydrogens (tertiary/aromatic N) is 3. The fourth-order valence-electron chi connectivity index (χ4n) is 5.46.